The molecule has 20 heavy (non-hydrogen) atoms. The summed E-state index contributed by atoms with van der Waals surface area (Å²) in [6.45, 7) is 3.73. The van der Waals surface area contributed by atoms with E-state index in [1.165, 1.54) is 0 Å². The maximum absolute atomic E-state index is 12.1. The van der Waals surface area contributed by atoms with E-state index in [9.17, 15) is 8.42 Å². The van der Waals surface area contributed by atoms with Crippen molar-refractivity contribution in [3.05, 3.63) is 11.3 Å². The smallest absolute Gasteiger partial charge is 0.260 e. The molecule has 0 unspecified atom stereocenters. The van der Waals surface area contributed by atoms with Gasteiger partial charge in [0.2, 0.25) is 0 Å². The molecule has 1 aromatic rings. The van der Waals surface area contributed by atoms with Crippen molar-refractivity contribution in [1.82, 2.24) is 19.8 Å². The van der Waals surface area contributed by atoms with Gasteiger partial charge in [0.25, 0.3) is 10.0 Å². The summed E-state index contributed by atoms with van der Waals surface area (Å²) in [4.78, 5) is 1.99. The van der Waals surface area contributed by atoms with Crippen LogP contribution in [-0.2, 0) is 21.3 Å². The number of nitrogens with zero attached hydrogens (tertiary/aromatic N) is 2. The Morgan fingerprint density at radius 2 is 2.10 bits per heavy atom. The van der Waals surface area contributed by atoms with Crippen LogP contribution in [0.25, 0.3) is 0 Å². The van der Waals surface area contributed by atoms with E-state index in [1.54, 1.807) is 6.92 Å². The SMILES string of the molecule is Cc1[nH]nc(S(=O)(=O)NCCOCCN(C)C)c1CN. The number of aryl methyl sites for hydroxylation is 1. The molecule has 1 aromatic heterocycles. The average Bonchev–Trinajstić information content (AvgIpc) is 2.75. The highest BCUT2D eigenvalue weighted by atomic mass is 32.2. The van der Waals surface area contributed by atoms with Crippen molar-refractivity contribution in [3.8, 4) is 0 Å². The summed E-state index contributed by atoms with van der Waals surface area (Å²) >= 11 is 0. The number of hydrogen-bond donors (Lipinski definition) is 3. The highest BCUT2D eigenvalue weighted by molar-refractivity contribution is 7.89. The summed E-state index contributed by atoms with van der Waals surface area (Å²) in [5, 5.41) is 6.39. The Balaban J connectivity index is 2.46. The lowest BCUT2D eigenvalue weighted by Crippen LogP contribution is -2.29. The van der Waals surface area contributed by atoms with E-state index in [-0.39, 0.29) is 18.1 Å². The van der Waals surface area contributed by atoms with Crippen molar-refractivity contribution < 1.29 is 13.2 Å². The third-order valence-corrected chi connectivity index (χ3v) is 4.15. The predicted octanol–water partition coefficient (Wildman–Crippen LogP) is -0.967. The fourth-order valence-corrected chi connectivity index (χ4v) is 2.77. The van der Waals surface area contributed by atoms with Gasteiger partial charge in [-0.3, -0.25) is 5.10 Å². The van der Waals surface area contributed by atoms with Crippen molar-refractivity contribution in [1.29, 1.82) is 0 Å². The average molecular weight is 305 g/mol. The molecule has 4 N–H and O–H groups in total. The minimum absolute atomic E-state index is 0.0363. The molecule has 0 radical (unpaired) electrons. The summed E-state index contributed by atoms with van der Waals surface area (Å²) in [7, 11) is 0.241. The van der Waals surface area contributed by atoms with Crippen molar-refractivity contribution in [2.24, 2.45) is 5.73 Å². The van der Waals surface area contributed by atoms with Gasteiger partial charge in [0, 0.05) is 30.9 Å². The van der Waals surface area contributed by atoms with Gasteiger partial charge in [-0.05, 0) is 21.0 Å². The first-order chi connectivity index (χ1) is 9.38. The van der Waals surface area contributed by atoms with Gasteiger partial charge in [-0.2, -0.15) is 5.10 Å². The number of nitrogens with two attached hydrogens (primary N) is 1. The van der Waals surface area contributed by atoms with Crippen LogP contribution < -0.4 is 10.5 Å². The molecule has 0 bridgehead atoms. The van der Waals surface area contributed by atoms with Crippen molar-refractivity contribution in [3.63, 3.8) is 0 Å². The lowest BCUT2D eigenvalue weighted by Gasteiger charge is -2.10. The second-order valence-electron chi connectivity index (χ2n) is 4.65. The first-order valence-corrected chi connectivity index (χ1v) is 7.83. The van der Waals surface area contributed by atoms with Gasteiger partial charge < -0.3 is 15.4 Å². The zero-order valence-electron chi connectivity index (χ0n) is 12.1. The quantitative estimate of drug-likeness (QED) is 0.506. The van der Waals surface area contributed by atoms with E-state index in [0.717, 1.165) is 6.54 Å². The second-order valence-corrected chi connectivity index (χ2v) is 6.33. The number of aromatic amines is 1. The molecule has 8 nitrogen and oxygen atoms in total. The van der Waals surface area contributed by atoms with Crippen molar-refractivity contribution >= 4 is 10.0 Å². The van der Waals surface area contributed by atoms with Crippen LogP contribution in [0.15, 0.2) is 5.03 Å². The number of hydrogen-bond acceptors (Lipinski definition) is 6. The topological polar surface area (TPSA) is 113 Å². The zero-order chi connectivity index (χ0) is 15.2. The second kappa shape index (κ2) is 7.70. The van der Waals surface area contributed by atoms with Crippen LogP contribution in [0.5, 0.6) is 0 Å². The molecule has 116 valence electrons. The molecule has 0 aromatic carbocycles. The first-order valence-electron chi connectivity index (χ1n) is 6.34. The molecule has 0 spiro atoms. The van der Waals surface area contributed by atoms with Crippen molar-refractivity contribution in [2.45, 2.75) is 18.5 Å². The van der Waals surface area contributed by atoms with Gasteiger partial charge in [0.1, 0.15) is 0 Å². The van der Waals surface area contributed by atoms with Crippen LogP contribution >= 0.6 is 0 Å². The Labute approximate surface area is 119 Å². The molecular formula is C11H23N5O3S. The maximum atomic E-state index is 12.1. The van der Waals surface area contributed by atoms with E-state index in [4.69, 9.17) is 10.5 Å². The van der Waals surface area contributed by atoms with Crippen LogP contribution in [-0.4, -0.2) is 63.9 Å². The molecule has 0 amide bonds. The first kappa shape index (κ1) is 17.1. The molecule has 0 aliphatic rings. The third-order valence-electron chi connectivity index (χ3n) is 2.72. The third kappa shape index (κ3) is 4.84. The van der Waals surface area contributed by atoms with E-state index in [2.05, 4.69) is 14.9 Å². The minimum atomic E-state index is -3.65. The van der Waals surface area contributed by atoms with Crippen LogP contribution in [0.3, 0.4) is 0 Å². The maximum Gasteiger partial charge on any atom is 0.260 e. The molecule has 0 aliphatic heterocycles. The van der Waals surface area contributed by atoms with E-state index < -0.39 is 10.0 Å². The molecular weight excluding hydrogens is 282 g/mol. The molecule has 9 heteroatoms. The summed E-state index contributed by atoms with van der Waals surface area (Å²) in [5.74, 6) is 0. The van der Waals surface area contributed by atoms with Gasteiger partial charge in [-0.15, -0.1) is 0 Å². The van der Waals surface area contributed by atoms with Crippen LogP contribution in [0.1, 0.15) is 11.3 Å². The number of sulfonamides is 1. The number of likely N-dealkylation sites (N-methyl/N-ethyl adjacent to an activating group) is 1. The van der Waals surface area contributed by atoms with Crippen LogP contribution in [0.2, 0.25) is 0 Å². The summed E-state index contributed by atoms with van der Waals surface area (Å²) < 4.78 is 31.9. The Kier molecular flexibility index (Phi) is 6.56. The van der Waals surface area contributed by atoms with E-state index >= 15 is 0 Å². The summed E-state index contributed by atoms with van der Waals surface area (Å²) in [6.07, 6.45) is 0. The summed E-state index contributed by atoms with van der Waals surface area (Å²) in [5.41, 5.74) is 6.70. The number of nitrogens with one attached hydrogen (secondary N) is 2. The molecule has 0 aliphatic carbocycles. The Bertz CT molecular complexity index is 512. The van der Waals surface area contributed by atoms with Crippen molar-refractivity contribution in [2.75, 3.05) is 40.4 Å². The Morgan fingerprint density at radius 3 is 2.70 bits per heavy atom. The minimum Gasteiger partial charge on any atom is -0.379 e. The lowest BCUT2D eigenvalue weighted by atomic mass is 10.3. The zero-order valence-corrected chi connectivity index (χ0v) is 13.0. The molecule has 0 fully saturated rings. The molecule has 1 heterocycles. The fourth-order valence-electron chi connectivity index (χ4n) is 1.56. The predicted molar refractivity (Wildman–Crippen MR) is 75.8 cm³/mol. The van der Waals surface area contributed by atoms with Gasteiger partial charge in [0.15, 0.2) is 5.03 Å². The monoisotopic (exact) mass is 305 g/mol. The molecule has 0 atom stereocenters. The molecule has 0 saturated heterocycles. The molecule has 1 rings (SSSR count). The number of H-pyrrole nitrogens is 1. The lowest BCUT2D eigenvalue weighted by molar-refractivity contribution is 0.122. The number of rotatable bonds is 9. The largest absolute Gasteiger partial charge is 0.379 e. The highest BCUT2D eigenvalue weighted by Crippen LogP contribution is 2.14. The van der Waals surface area contributed by atoms with Gasteiger partial charge in [-0.1, -0.05) is 0 Å². The van der Waals surface area contributed by atoms with Gasteiger partial charge >= 0.3 is 0 Å². The van der Waals surface area contributed by atoms with Crippen LogP contribution in [0, 0.1) is 6.92 Å². The normalized spacial score (nSPS) is 12.2. The van der Waals surface area contributed by atoms with E-state index in [1.807, 2.05) is 19.0 Å². The fraction of sp³-hybridized carbons (Fsp3) is 0.727. The van der Waals surface area contributed by atoms with E-state index in [0.29, 0.717) is 24.5 Å². The standard InChI is InChI=1S/C11H23N5O3S/c1-9-10(8-12)11(15-14-9)20(17,18)13-4-6-19-7-5-16(2)3/h13H,4-8,12H2,1-3H3,(H,14,15). The van der Waals surface area contributed by atoms with Gasteiger partial charge in [0.05, 0.1) is 13.2 Å². The number of aromatic nitrogens is 2. The summed E-state index contributed by atoms with van der Waals surface area (Å²) in [6, 6.07) is 0. The molecule has 0 saturated carbocycles. The Morgan fingerprint density at radius 1 is 1.40 bits per heavy atom. The number of ether oxygens (including phenoxy) is 1. The Hall–Kier alpha value is -1.00. The van der Waals surface area contributed by atoms with Gasteiger partial charge in [-0.25, -0.2) is 13.1 Å². The van der Waals surface area contributed by atoms with Crippen LogP contribution in [0.4, 0.5) is 0 Å². The highest BCUT2D eigenvalue weighted by Gasteiger charge is 2.22.